The Bertz CT molecular complexity index is 1000. The van der Waals surface area contributed by atoms with Crippen LogP contribution < -0.4 is 5.32 Å². The van der Waals surface area contributed by atoms with E-state index in [4.69, 9.17) is 0 Å². The Balaban J connectivity index is 1.72. The SMILES string of the molecule is COC(=O)c1ccc(NC(=O)C=Cc2ccccc2-c2ccc(C)cc2)cc1. The van der Waals surface area contributed by atoms with Gasteiger partial charge in [-0.3, -0.25) is 4.79 Å². The molecule has 3 aromatic rings. The third-order valence-corrected chi connectivity index (χ3v) is 4.31. The van der Waals surface area contributed by atoms with Crippen molar-refractivity contribution in [2.75, 3.05) is 12.4 Å². The second-order valence-corrected chi connectivity index (χ2v) is 6.34. The number of carbonyl (C=O) groups excluding carboxylic acids is 2. The summed E-state index contributed by atoms with van der Waals surface area (Å²) >= 11 is 0. The summed E-state index contributed by atoms with van der Waals surface area (Å²) in [5.74, 6) is -0.657. The van der Waals surface area contributed by atoms with E-state index in [0.29, 0.717) is 11.3 Å². The summed E-state index contributed by atoms with van der Waals surface area (Å²) in [4.78, 5) is 23.7. The molecule has 0 fully saturated rings. The van der Waals surface area contributed by atoms with Gasteiger partial charge in [0.1, 0.15) is 0 Å². The number of ether oxygens (including phenoxy) is 1. The van der Waals surface area contributed by atoms with E-state index in [9.17, 15) is 9.59 Å². The van der Waals surface area contributed by atoms with Crippen LogP contribution in [0.2, 0.25) is 0 Å². The predicted octanol–water partition coefficient (Wildman–Crippen LogP) is 5.10. The number of carbonyl (C=O) groups is 2. The molecule has 0 unspecified atom stereocenters. The average molecular weight is 371 g/mol. The Morgan fingerprint density at radius 1 is 0.893 bits per heavy atom. The number of nitrogens with one attached hydrogen (secondary N) is 1. The lowest BCUT2D eigenvalue weighted by Gasteiger charge is -2.07. The van der Waals surface area contributed by atoms with Gasteiger partial charge in [0.25, 0.3) is 0 Å². The van der Waals surface area contributed by atoms with Gasteiger partial charge in [0, 0.05) is 11.8 Å². The number of amides is 1. The van der Waals surface area contributed by atoms with Crippen molar-refractivity contribution in [1.82, 2.24) is 0 Å². The Labute approximate surface area is 164 Å². The lowest BCUT2D eigenvalue weighted by atomic mass is 9.98. The molecule has 0 saturated carbocycles. The van der Waals surface area contributed by atoms with Gasteiger partial charge in [0.05, 0.1) is 12.7 Å². The van der Waals surface area contributed by atoms with Crippen molar-refractivity contribution in [2.45, 2.75) is 6.92 Å². The Hall–Kier alpha value is -3.66. The minimum Gasteiger partial charge on any atom is -0.465 e. The summed E-state index contributed by atoms with van der Waals surface area (Å²) in [6.07, 6.45) is 3.30. The predicted molar refractivity (Wildman–Crippen MR) is 112 cm³/mol. The highest BCUT2D eigenvalue weighted by molar-refractivity contribution is 6.02. The van der Waals surface area contributed by atoms with Crippen molar-refractivity contribution in [3.05, 3.63) is 95.6 Å². The highest BCUT2D eigenvalue weighted by Gasteiger charge is 2.06. The molecular formula is C24H21NO3. The van der Waals surface area contributed by atoms with Gasteiger partial charge in [-0.15, -0.1) is 0 Å². The zero-order chi connectivity index (χ0) is 19.9. The van der Waals surface area contributed by atoms with Gasteiger partial charge >= 0.3 is 5.97 Å². The van der Waals surface area contributed by atoms with Gasteiger partial charge in [-0.1, -0.05) is 54.1 Å². The molecule has 3 rings (SSSR count). The molecule has 0 aliphatic heterocycles. The van der Waals surface area contributed by atoms with Crippen LogP contribution in [0.25, 0.3) is 17.2 Å². The van der Waals surface area contributed by atoms with E-state index in [1.54, 1.807) is 30.3 Å². The number of benzene rings is 3. The molecule has 0 radical (unpaired) electrons. The molecule has 0 bridgehead atoms. The van der Waals surface area contributed by atoms with Crippen LogP contribution in [0.5, 0.6) is 0 Å². The Morgan fingerprint density at radius 2 is 1.57 bits per heavy atom. The van der Waals surface area contributed by atoms with E-state index in [1.165, 1.54) is 18.7 Å². The van der Waals surface area contributed by atoms with Crippen molar-refractivity contribution >= 4 is 23.6 Å². The maximum absolute atomic E-state index is 12.3. The average Bonchev–Trinajstić information content (AvgIpc) is 2.73. The van der Waals surface area contributed by atoms with Crippen molar-refractivity contribution in [3.8, 4) is 11.1 Å². The molecule has 0 aliphatic rings. The van der Waals surface area contributed by atoms with Crippen LogP contribution in [0.3, 0.4) is 0 Å². The molecule has 0 spiro atoms. The number of rotatable bonds is 5. The standard InChI is InChI=1S/C24H21NO3/c1-17-7-9-19(10-8-17)22-6-4-3-5-18(22)13-16-23(26)25-21-14-11-20(12-15-21)24(27)28-2/h3-16H,1-2H3,(H,25,26). The van der Waals surface area contributed by atoms with Gasteiger partial charge in [0.15, 0.2) is 0 Å². The first-order valence-corrected chi connectivity index (χ1v) is 8.90. The van der Waals surface area contributed by atoms with E-state index in [0.717, 1.165) is 16.7 Å². The summed E-state index contributed by atoms with van der Waals surface area (Å²) in [6.45, 7) is 2.05. The molecule has 3 aromatic carbocycles. The maximum Gasteiger partial charge on any atom is 0.337 e. The molecule has 4 nitrogen and oxygen atoms in total. The van der Waals surface area contributed by atoms with Crippen molar-refractivity contribution in [3.63, 3.8) is 0 Å². The number of hydrogen-bond donors (Lipinski definition) is 1. The second-order valence-electron chi connectivity index (χ2n) is 6.34. The highest BCUT2D eigenvalue weighted by atomic mass is 16.5. The Morgan fingerprint density at radius 3 is 2.25 bits per heavy atom. The zero-order valence-electron chi connectivity index (χ0n) is 15.8. The zero-order valence-corrected chi connectivity index (χ0v) is 15.8. The monoisotopic (exact) mass is 371 g/mol. The lowest BCUT2D eigenvalue weighted by Crippen LogP contribution is -2.08. The number of methoxy groups -OCH3 is 1. The topological polar surface area (TPSA) is 55.4 Å². The molecule has 4 heteroatoms. The largest absolute Gasteiger partial charge is 0.465 e. The second kappa shape index (κ2) is 8.82. The third kappa shape index (κ3) is 4.74. The van der Waals surface area contributed by atoms with Crippen molar-refractivity contribution in [2.24, 2.45) is 0 Å². The van der Waals surface area contributed by atoms with Gasteiger partial charge in [-0.05, 0) is 54.0 Å². The first-order valence-electron chi connectivity index (χ1n) is 8.90. The van der Waals surface area contributed by atoms with Gasteiger partial charge < -0.3 is 10.1 Å². The molecule has 0 atom stereocenters. The molecule has 1 amide bonds. The molecule has 0 saturated heterocycles. The summed E-state index contributed by atoms with van der Waals surface area (Å²) in [6, 6.07) is 22.8. The first kappa shape index (κ1) is 19.1. The fraction of sp³-hybridized carbons (Fsp3) is 0.0833. The van der Waals surface area contributed by atoms with E-state index in [2.05, 4.69) is 41.2 Å². The number of aryl methyl sites for hydroxylation is 1. The molecule has 0 aliphatic carbocycles. The van der Waals surface area contributed by atoms with Gasteiger partial charge in [0.2, 0.25) is 5.91 Å². The summed E-state index contributed by atoms with van der Waals surface area (Å²) in [7, 11) is 1.33. The molecule has 1 N–H and O–H groups in total. The van der Waals surface area contributed by atoms with E-state index >= 15 is 0 Å². The summed E-state index contributed by atoms with van der Waals surface area (Å²) in [5, 5.41) is 2.79. The van der Waals surface area contributed by atoms with E-state index in [1.807, 2.05) is 24.3 Å². The fourth-order valence-electron chi connectivity index (χ4n) is 2.80. The number of hydrogen-bond acceptors (Lipinski definition) is 3. The van der Waals surface area contributed by atoms with Crippen LogP contribution in [0.4, 0.5) is 5.69 Å². The maximum atomic E-state index is 12.3. The normalized spacial score (nSPS) is 10.6. The van der Waals surface area contributed by atoms with Crippen molar-refractivity contribution in [1.29, 1.82) is 0 Å². The first-order chi connectivity index (χ1) is 13.6. The smallest absolute Gasteiger partial charge is 0.337 e. The van der Waals surface area contributed by atoms with Crippen LogP contribution in [-0.2, 0) is 9.53 Å². The van der Waals surface area contributed by atoms with Crippen LogP contribution in [0.1, 0.15) is 21.5 Å². The van der Waals surface area contributed by atoms with Crippen LogP contribution in [0.15, 0.2) is 78.9 Å². The summed E-state index contributed by atoms with van der Waals surface area (Å²) < 4.78 is 4.66. The molecule has 0 aromatic heterocycles. The third-order valence-electron chi connectivity index (χ3n) is 4.31. The van der Waals surface area contributed by atoms with Gasteiger partial charge in [-0.25, -0.2) is 4.79 Å². The molecule has 140 valence electrons. The molecular weight excluding hydrogens is 350 g/mol. The minimum atomic E-state index is -0.412. The quantitative estimate of drug-likeness (QED) is 0.501. The fourth-order valence-corrected chi connectivity index (χ4v) is 2.80. The lowest BCUT2D eigenvalue weighted by molar-refractivity contribution is -0.111. The van der Waals surface area contributed by atoms with E-state index < -0.39 is 5.97 Å². The molecule has 28 heavy (non-hydrogen) atoms. The van der Waals surface area contributed by atoms with Crippen LogP contribution >= 0.6 is 0 Å². The van der Waals surface area contributed by atoms with Crippen LogP contribution in [-0.4, -0.2) is 19.0 Å². The van der Waals surface area contributed by atoms with Crippen LogP contribution in [0, 0.1) is 6.92 Å². The minimum absolute atomic E-state index is 0.246. The highest BCUT2D eigenvalue weighted by Crippen LogP contribution is 2.25. The molecule has 0 heterocycles. The van der Waals surface area contributed by atoms with E-state index in [-0.39, 0.29) is 5.91 Å². The summed E-state index contributed by atoms with van der Waals surface area (Å²) in [5.41, 5.74) is 5.37. The Kier molecular flexibility index (Phi) is 6.02. The number of esters is 1. The van der Waals surface area contributed by atoms with Gasteiger partial charge in [-0.2, -0.15) is 0 Å². The van der Waals surface area contributed by atoms with Crippen molar-refractivity contribution < 1.29 is 14.3 Å². The number of anilines is 1.